The van der Waals surface area contributed by atoms with Gasteiger partial charge in [-0.1, -0.05) is 23.4 Å². The number of para-hydroxylation sites is 1. The van der Waals surface area contributed by atoms with Gasteiger partial charge in [0.15, 0.2) is 0 Å². The van der Waals surface area contributed by atoms with Gasteiger partial charge in [0.25, 0.3) is 5.91 Å². The number of carbonyl (C=O) groups excluding carboxylic acids is 1. The molecule has 0 aliphatic rings. The molecule has 2 rings (SSSR count). The molecular formula is C12H12N2O2. The van der Waals surface area contributed by atoms with E-state index in [2.05, 4.69) is 10.5 Å². The van der Waals surface area contributed by atoms with E-state index in [-0.39, 0.29) is 11.7 Å². The summed E-state index contributed by atoms with van der Waals surface area (Å²) in [5.41, 5.74) is 2.52. The molecule has 0 saturated heterocycles. The van der Waals surface area contributed by atoms with E-state index in [1.165, 1.54) is 6.20 Å². The van der Waals surface area contributed by atoms with Crippen molar-refractivity contribution in [3.63, 3.8) is 0 Å². The van der Waals surface area contributed by atoms with Crippen LogP contribution in [0, 0.1) is 13.8 Å². The van der Waals surface area contributed by atoms with Crippen LogP contribution in [-0.2, 0) is 0 Å². The molecule has 4 heteroatoms. The highest BCUT2D eigenvalue weighted by Crippen LogP contribution is 2.15. The smallest absolute Gasteiger partial charge is 0.294 e. The Hall–Kier alpha value is -2.10. The van der Waals surface area contributed by atoms with Crippen molar-refractivity contribution in [1.82, 2.24) is 5.16 Å². The summed E-state index contributed by atoms with van der Waals surface area (Å²) in [6.45, 7) is 3.71. The topological polar surface area (TPSA) is 55.1 Å². The normalized spacial score (nSPS) is 10.1. The van der Waals surface area contributed by atoms with E-state index in [0.717, 1.165) is 16.8 Å². The van der Waals surface area contributed by atoms with Crippen LogP contribution < -0.4 is 5.32 Å². The molecule has 1 N–H and O–H groups in total. The first-order chi connectivity index (χ1) is 7.68. The van der Waals surface area contributed by atoms with Crippen LogP contribution >= 0.6 is 0 Å². The summed E-state index contributed by atoms with van der Waals surface area (Å²) in [5.74, 6) is -0.0208. The third-order valence-electron chi connectivity index (χ3n) is 2.35. The molecule has 0 radical (unpaired) electrons. The maximum Gasteiger partial charge on any atom is 0.294 e. The molecule has 2 aromatic rings. The molecule has 82 valence electrons. The van der Waals surface area contributed by atoms with Crippen LogP contribution in [0.1, 0.15) is 21.7 Å². The van der Waals surface area contributed by atoms with E-state index >= 15 is 0 Å². The average molecular weight is 216 g/mol. The first kappa shape index (κ1) is 10.4. The molecular weight excluding hydrogens is 204 g/mol. The molecule has 0 atom stereocenters. The summed E-state index contributed by atoms with van der Waals surface area (Å²) >= 11 is 0. The number of anilines is 1. The molecule has 1 aromatic heterocycles. The van der Waals surface area contributed by atoms with Crippen molar-refractivity contribution in [2.24, 2.45) is 0 Å². The van der Waals surface area contributed by atoms with Crippen molar-refractivity contribution in [2.45, 2.75) is 13.8 Å². The molecule has 0 aliphatic heterocycles. The maximum atomic E-state index is 11.8. The van der Waals surface area contributed by atoms with Gasteiger partial charge in [-0.3, -0.25) is 4.79 Å². The molecule has 0 spiro atoms. The molecule has 1 aromatic carbocycles. The number of amides is 1. The largest absolute Gasteiger partial charge is 0.351 e. The minimum atomic E-state index is -0.274. The van der Waals surface area contributed by atoms with Gasteiger partial charge in [0, 0.05) is 11.3 Å². The van der Waals surface area contributed by atoms with Gasteiger partial charge >= 0.3 is 0 Å². The van der Waals surface area contributed by atoms with Gasteiger partial charge in [0.2, 0.25) is 5.76 Å². The van der Waals surface area contributed by atoms with Gasteiger partial charge in [-0.2, -0.15) is 0 Å². The molecule has 0 fully saturated rings. The van der Waals surface area contributed by atoms with Crippen LogP contribution in [0.5, 0.6) is 0 Å². The second kappa shape index (κ2) is 4.18. The zero-order valence-corrected chi connectivity index (χ0v) is 9.15. The predicted octanol–water partition coefficient (Wildman–Crippen LogP) is 2.54. The third-order valence-corrected chi connectivity index (χ3v) is 2.35. The van der Waals surface area contributed by atoms with Gasteiger partial charge < -0.3 is 9.84 Å². The van der Waals surface area contributed by atoms with Gasteiger partial charge in [-0.15, -0.1) is 0 Å². The highest BCUT2D eigenvalue weighted by molar-refractivity contribution is 6.03. The summed E-state index contributed by atoms with van der Waals surface area (Å²) < 4.78 is 4.88. The number of aryl methyl sites for hydroxylation is 2. The van der Waals surface area contributed by atoms with E-state index < -0.39 is 0 Å². The SMILES string of the molecule is Cc1ccccc1NC(=O)c1oncc1C. The molecule has 0 aliphatic carbocycles. The monoisotopic (exact) mass is 216 g/mol. The van der Waals surface area contributed by atoms with Crippen molar-refractivity contribution < 1.29 is 9.32 Å². The Morgan fingerprint density at radius 3 is 2.62 bits per heavy atom. The summed E-state index contributed by atoms with van der Waals surface area (Å²) in [6.07, 6.45) is 1.52. The first-order valence-corrected chi connectivity index (χ1v) is 4.97. The van der Waals surface area contributed by atoms with Crippen molar-refractivity contribution in [3.8, 4) is 0 Å². The molecule has 4 nitrogen and oxygen atoms in total. The number of hydrogen-bond donors (Lipinski definition) is 1. The Labute approximate surface area is 93.3 Å². The van der Waals surface area contributed by atoms with Gasteiger partial charge in [0.1, 0.15) is 0 Å². The lowest BCUT2D eigenvalue weighted by atomic mass is 10.2. The van der Waals surface area contributed by atoms with Crippen molar-refractivity contribution >= 4 is 11.6 Å². The Bertz CT molecular complexity index is 517. The van der Waals surface area contributed by atoms with Crippen LogP contribution in [0.15, 0.2) is 35.0 Å². The highest BCUT2D eigenvalue weighted by atomic mass is 16.5. The van der Waals surface area contributed by atoms with Crippen LogP contribution in [0.4, 0.5) is 5.69 Å². The van der Waals surface area contributed by atoms with E-state index in [9.17, 15) is 4.79 Å². The van der Waals surface area contributed by atoms with Crippen LogP contribution in [0.3, 0.4) is 0 Å². The Kier molecular flexibility index (Phi) is 2.72. The number of carbonyl (C=O) groups is 1. The number of rotatable bonds is 2. The second-order valence-electron chi connectivity index (χ2n) is 3.61. The Balaban J connectivity index is 2.21. The fourth-order valence-electron chi connectivity index (χ4n) is 1.40. The third kappa shape index (κ3) is 1.95. The standard InChI is InChI=1S/C12H12N2O2/c1-8-5-3-4-6-10(8)14-12(15)11-9(2)7-13-16-11/h3-7H,1-2H3,(H,14,15). The summed E-state index contributed by atoms with van der Waals surface area (Å²) in [4.78, 5) is 11.8. The van der Waals surface area contributed by atoms with Crippen LogP contribution in [0.25, 0.3) is 0 Å². The Morgan fingerprint density at radius 1 is 1.25 bits per heavy atom. The fourth-order valence-corrected chi connectivity index (χ4v) is 1.40. The summed E-state index contributed by atoms with van der Waals surface area (Å²) in [7, 11) is 0. The Morgan fingerprint density at radius 2 is 2.00 bits per heavy atom. The number of nitrogens with one attached hydrogen (secondary N) is 1. The van der Waals surface area contributed by atoms with Crippen LogP contribution in [0.2, 0.25) is 0 Å². The predicted molar refractivity (Wildman–Crippen MR) is 60.4 cm³/mol. The van der Waals surface area contributed by atoms with E-state index in [4.69, 9.17) is 4.52 Å². The fraction of sp³-hybridized carbons (Fsp3) is 0.167. The zero-order chi connectivity index (χ0) is 11.5. The molecule has 0 bridgehead atoms. The minimum absolute atomic E-state index is 0.253. The van der Waals surface area contributed by atoms with Crippen LogP contribution in [-0.4, -0.2) is 11.1 Å². The molecule has 1 heterocycles. The molecule has 16 heavy (non-hydrogen) atoms. The lowest BCUT2D eigenvalue weighted by Crippen LogP contribution is -2.12. The highest BCUT2D eigenvalue weighted by Gasteiger charge is 2.14. The van der Waals surface area contributed by atoms with Crippen molar-refractivity contribution in [1.29, 1.82) is 0 Å². The lowest BCUT2D eigenvalue weighted by Gasteiger charge is -2.05. The van der Waals surface area contributed by atoms with Crippen molar-refractivity contribution in [2.75, 3.05) is 5.32 Å². The lowest BCUT2D eigenvalue weighted by molar-refractivity contribution is 0.0987. The maximum absolute atomic E-state index is 11.8. The average Bonchev–Trinajstić information content (AvgIpc) is 2.68. The van der Waals surface area contributed by atoms with Gasteiger partial charge in [-0.05, 0) is 25.5 Å². The first-order valence-electron chi connectivity index (χ1n) is 4.97. The molecule has 0 unspecified atom stereocenters. The molecule has 1 amide bonds. The van der Waals surface area contributed by atoms with E-state index in [1.807, 2.05) is 31.2 Å². The minimum Gasteiger partial charge on any atom is -0.351 e. The number of hydrogen-bond acceptors (Lipinski definition) is 3. The van der Waals surface area contributed by atoms with E-state index in [1.54, 1.807) is 6.92 Å². The second-order valence-corrected chi connectivity index (χ2v) is 3.61. The summed E-state index contributed by atoms with van der Waals surface area (Å²) in [6, 6.07) is 7.57. The van der Waals surface area contributed by atoms with Crippen molar-refractivity contribution in [3.05, 3.63) is 47.3 Å². The number of benzene rings is 1. The van der Waals surface area contributed by atoms with Gasteiger partial charge in [0.05, 0.1) is 6.20 Å². The quantitative estimate of drug-likeness (QED) is 0.839. The van der Waals surface area contributed by atoms with Gasteiger partial charge in [-0.25, -0.2) is 0 Å². The zero-order valence-electron chi connectivity index (χ0n) is 9.15. The van der Waals surface area contributed by atoms with E-state index in [0.29, 0.717) is 0 Å². The molecule has 0 saturated carbocycles. The summed E-state index contributed by atoms with van der Waals surface area (Å²) in [5, 5.41) is 6.35. The number of nitrogens with zero attached hydrogens (tertiary/aromatic N) is 1. The number of aromatic nitrogens is 1.